The first-order valence-corrected chi connectivity index (χ1v) is 7.29. The van der Waals surface area contributed by atoms with E-state index in [1.54, 1.807) is 0 Å². The van der Waals surface area contributed by atoms with Crippen molar-refractivity contribution in [1.82, 2.24) is 9.71 Å². The van der Waals surface area contributed by atoms with Crippen molar-refractivity contribution in [1.29, 1.82) is 0 Å². The highest BCUT2D eigenvalue weighted by Crippen LogP contribution is 2.24. The number of hydrogen-bond acceptors (Lipinski definition) is 3. The molecule has 1 heterocycles. The highest BCUT2D eigenvalue weighted by Gasteiger charge is 2.22. The van der Waals surface area contributed by atoms with Gasteiger partial charge in [0, 0.05) is 18.8 Å². The normalized spacial score (nSPS) is 14.4. The van der Waals surface area contributed by atoms with Gasteiger partial charge in [-0.3, -0.25) is 4.79 Å². The molecule has 0 spiro atoms. The van der Waals surface area contributed by atoms with E-state index in [-0.39, 0.29) is 21.8 Å². The zero-order valence-corrected chi connectivity index (χ0v) is 12.0. The second kappa shape index (κ2) is 5.24. The summed E-state index contributed by atoms with van der Waals surface area (Å²) in [6.07, 6.45) is 1.20. The standard InChI is InChI=1S/C12H20N2O3S/c1-9(12(2,3)4)7-14-18(16,17)10-5-6-11(15)13-8-10/h5-6,8-9,14H,7H2,1-4H3,(H,13,15). The van der Waals surface area contributed by atoms with Crippen LogP contribution in [0.15, 0.2) is 28.0 Å². The number of hydrogen-bond donors (Lipinski definition) is 2. The van der Waals surface area contributed by atoms with Crippen LogP contribution in [0.25, 0.3) is 0 Å². The summed E-state index contributed by atoms with van der Waals surface area (Å²) >= 11 is 0. The van der Waals surface area contributed by atoms with Crippen molar-refractivity contribution in [2.45, 2.75) is 32.6 Å². The van der Waals surface area contributed by atoms with Crippen molar-refractivity contribution in [3.05, 3.63) is 28.7 Å². The highest BCUT2D eigenvalue weighted by atomic mass is 32.2. The van der Waals surface area contributed by atoms with Gasteiger partial charge in [-0.2, -0.15) is 0 Å². The number of H-pyrrole nitrogens is 1. The Hall–Kier alpha value is -1.14. The molecule has 1 aromatic heterocycles. The molecule has 18 heavy (non-hydrogen) atoms. The molecule has 5 nitrogen and oxygen atoms in total. The Kier molecular flexibility index (Phi) is 4.34. The van der Waals surface area contributed by atoms with Gasteiger partial charge in [0.1, 0.15) is 0 Å². The SMILES string of the molecule is CC(CNS(=O)(=O)c1ccc(=O)[nH]c1)C(C)(C)C. The van der Waals surface area contributed by atoms with Crippen LogP contribution < -0.4 is 10.3 Å². The number of aromatic amines is 1. The molecule has 1 unspecified atom stereocenters. The van der Waals surface area contributed by atoms with E-state index in [1.165, 1.54) is 18.3 Å². The van der Waals surface area contributed by atoms with Gasteiger partial charge in [0.15, 0.2) is 0 Å². The predicted octanol–water partition coefficient (Wildman–Crippen LogP) is 1.34. The fourth-order valence-electron chi connectivity index (χ4n) is 1.19. The van der Waals surface area contributed by atoms with E-state index in [2.05, 4.69) is 30.5 Å². The molecular formula is C12H20N2O3S. The van der Waals surface area contributed by atoms with Crippen molar-refractivity contribution in [2.24, 2.45) is 11.3 Å². The Morgan fingerprint density at radius 2 is 1.94 bits per heavy atom. The molecule has 0 amide bonds. The molecule has 0 aliphatic heterocycles. The Bertz CT molecular complexity index is 535. The van der Waals surface area contributed by atoms with Gasteiger partial charge >= 0.3 is 0 Å². The lowest BCUT2D eigenvalue weighted by Gasteiger charge is -2.27. The number of aromatic nitrogens is 1. The summed E-state index contributed by atoms with van der Waals surface area (Å²) in [6, 6.07) is 2.49. The van der Waals surface area contributed by atoms with E-state index in [1.807, 2.05) is 6.92 Å². The number of sulfonamides is 1. The topological polar surface area (TPSA) is 79.0 Å². The van der Waals surface area contributed by atoms with Crippen molar-refractivity contribution >= 4 is 10.0 Å². The fraction of sp³-hybridized carbons (Fsp3) is 0.583. The molecule has 0 bridgehead atoms. The van der Waals surface area contributed by atoms with Gasteiger partial charge in [-0.05, 0) is 17.4 Å². The molecular weight excluding hydrogens is 252 g/mol. The maximum atomic E-state index is 11.9. The molecule has 0 saturated heterocycles. The van der Waals surface area contributed by atoms with E-state index in [9.17, 15) is 13.2 Å². The van der Waals surface area contributed by atoms with Gasteiger partial charge in [-0.1, -0.05) is 27.7 Å². The van der Waals surface area contributed by atoms with Crippen LogP contribution in [-0.4, -0.2) is 19.9 Å². The van der Waals surface area contributed by atoms with E-state index in [4.69, 9.17) is 0 Å². The lowest BCUT2D eigenvalue weighted by atomic mass is 9.82. The van der Waals surface area contributed by atoms with Crippen LogP contribution in [0.1, 0.15) is 27.7 Å². The molecule has 0 aliphatic carbocycles. The molecule has 0 fully saturated rings. The minimum atomic E-state index is -3.55. The molecule has 2 N–H and O–H groups in total. The van der Waals surface area contributed by atoms with Crippen molar-refractivity contribution in [2.75, 3.05) is 6.54 Å². The summed E-state index contributed by atoms with van der Waals surface area (Å²) in [6.45, 7) is 8.55. The van der Waals surface area contributed by atoms with Crippen LogP contribution in [0.2, 0.25) is 0 Å². The molecule has 0 aromatic carbocycles. The van der Waals surface area contributed by atoms with Gasteiger partial charge in [-0.15, -0.1) is 0 Å². The maximum Gasteiger partial charge on any atom is 0.247 e. The molecule has 1 aromatic rings. The zero-order valence-electron chi connectivity index (χ0n) is 11.1. The molecule has 1 rings (SSSR count). The number of nitrogens with one attached hydrogen (secondary N) is 2. The van der Waals surface area contributed by atoms with E-state index >= 15 is 0 Å². The second-order valence-electron chi connectivity index (χ2n) is 5.51. The third-order valence-electron chi connectivity index (χ3n) is 3.12. The smallest absolute Gasteiger partial charge is 0.247 e. The molecule has 0 saturated carbocycles. The largest absolute Gasteiger partial charge is 0.328 e. The average Bonchev–Trinajstić information content (AvgIpc) is 2.25. The van der Waals surface area contributed by atoms with Crippen LogP contribution in [0.3, 0.4) is 0 Å². The summed E-state index contributed by atoms with van der Waals surface area (Å²) in [5, 5.41) is 0. The lowest BCUT2D eigenvalue weighted by molar-refractivity contribution is 0.263. The first kappa shape index (κ1) is 14.9. The molecule has 6 heteroatoms. The van der Waals surface area contributed by atoms with Gasteiger partial charge in [0.25, 0.3) is 0 Å². The first-order valence-electron chi connectivity index (χ1n) is 5.81. The highest BCUT2D eigenvalue weighted by molar-refractivity contribution is 7.89. The first-order chi connectivity index (χ1) is 8.13. The van der Waals surface area contributed by atoms with Gasteiger partial charge in [0.2, 0.25) is 15.6 Å². The third-order valence-corrected chi connectivity index (χ3v) is 4.55. The van der Waals surface area contributed by atoms with E-state index < -0.39 is 10.0 Å². The van der Waals surface area contributed by atoms with Crippen LogP contribution in [0.5, 0.6) is 0 Å². The Labute approximate surface area is 108 Å². The van der Waals surface area contributed by atoms with E-state index in [0.29, 0.717) is 6.54 Å². The van der Waals surface area contributed by atoms with Crippen molar-refractivity contribution in [3.63, 3.8) is 0 Å². The summed E-state index contributed by atoms with van der Waals surface area (Å²) in [4.78, 5) is 13.3. The number of pyridine rings is 1. The Morgan fingerprint density at radius 1 is 1.33 bits per heavy atom. The quantitative estimate of drug-likeness (QED) is 0.868. The zero-order chi connectivity index (χ0) is 14.0. The minimum absolute atomic E-state index is 0.0352. The van der Waals surface area contributed by atoms with Gasteiger partial charge < -0.3 is 4.98 Å². The van der Waals surface area contributed by atoms with Crippen LogP contribution in [-0.2, 0) is 10.0 Å². The van der Waals surface area contributed by atoms with Crippen LogP contribution >= 0.6 is 0 Å². The molecule has 0 radical (unpaired) electrons. The van der Waals surface area contributed by atoms with Crippen molar-refractivity contribution in [3.8, 4) is 0 Å². The minimum Gasteiger partial charge on any atom is -0.328 e. The molecule has 102 valence electrons. The van der Waals surface area contributed by atoms with E-state index in [0.717, 1.165) is 0 Å². The predicted molar refractivity (Wildman–Crippen MR) is 70.9 cm³/mol. The lowest BCUT2D eigenvalue weighted by Crippen LogP contribution is -2.33. The monoisotopic (exact) mass is 272 g/mol. The molecule has 1 atom stereocenters. The Morgan fingerprint density at radius 3 is 2.39 bits per heavy atom. The fourth-order valence-corrected chi connectivity index (χ4v) is 2.29. The maximum absolute atomic E-state index is 11.9. The average molecular weight is 272 g/mol. The van der Waals surface area contributed by atoms with Crippen molar-refractivity contribution < 1.29 is 8.42 Å². The Balaban J connectivity index is 2.78. The van der Waals surface area contributed by atoms with Gasteiger partial charge in [-0.25, -0.2) is 13.1 Å². The van der Waals surface area contributed by atoms with Crippen LogP contribution in [0.4, 0.5) is 0 Å². The second-order valence-corrected chi connectivity index (χ2v) is 7.27. The molecule has 0 aliphatic rings. The summed E-state index contributed by atoms with van der Waals surface area (Å²) in [5.41, 5.74) is -0.287. The summed E-state index contributed by atoms with van der Waals surface area (Å²) in [7, 11) is -3.55. The summed E-state index contributed by atoms with van der Waals surface area (Å²) < 4.78 is 26.4. The summed E-state index contributed by atoms with van der Waals surface area (Å²) in [5.74, 6) is 0.204. The number of rotatable bonds is 4. The van der Waals surface area contributed by atoms with Gasteiger partial charge in [0.05, 0.1) is 4.90 Å². The van der Waals surface area contributed by atoms with Crippen LogP contribution in [0, 0.1) is 11.3 Å². The third kappa shape index (κ3) is 3.96.